The van der Waals surface area contributed by atoms with Gasteiger partial charge in [0.1, 0.15) is 4.90 Å². The number of aryl methyl sites for hydroxylation is 2. The first-order valence-corrected chi connectivity index (χ1v) is 8.57. The monoisotopic (exact) mass is 334 g/mol. The lowest BCUT2D eigenvalue weighted by atomic mass is 10.3. The standard InChI is InChI=1S/C14H18N6O2S/c1-11-13-9-12(10-15-14(13)19(3)17-11)23(21,22)18(2)7-8-20-6-4-5-16-20/h4-6,9-10H,7-8H2,1-3H3. The van der Waals surface area contributed by atoms with E-state index < -0.39 is 10.0 Å². The number of rotatable bonds is 5. The predicted octanol–water partition coefficient (Wildman–Crippen LogP) is 0.794. The van der Waals surface area contributed by atoms with Gasteiger partial charge in [0, 0.05) is 44.6 Å². The molecule has 0 aliphatic heterocycles. The molecule has 3 aromatic rings. The van der Waals surface area contributed by atoms with E-state index in [0.29, 0.717) is 18.7 Å². The average Bonchev–Trinajstić information content (AvgIpc) is 3.13. The molecule has 23 heavy (non-hydrogen) atoms. The van der Waals surface area contributed by atoms with Gasteiger partial charge in [0.2, 0.25) is 10.0 Å². The van der Waals surface area contributed by atoms with Crippen LogP contribution in [0.3, 0.4) is 0 Å². The molecule has 0 aromatic carbocycles. The van der Waals surface area contributed by atoms with Gasteiger partial charge in [0.25, 0.3) is 0 Å². The third-order valence-electron chi connectivity index (χ3n) is 3.75. The third kappa shape index (κ3) is 2.84. The molecule has 0 N–H and O–H groups in total. The number of sulfonamides is 1. The van der Waals surface area contributed by atoms with Gasteiger partial charge in [-0.2, -0.15) is 14.5 Å². The lowest BCUT2D eigenvalue weighted by molar-refractivity contribution is 0.433. The summed E-state index contributed by atoms with van der Waals surface area (Å²) in [5.74, 6) is 0. The van der Waals surface area contributed by atoms with E-state index in [1.165, 1.54) is 10.5 Å². The Labute approximate surface area is 134 Å². The summed E-state index contributed by atoms with van der Waals surface area (Å²) in [6.07, 6.45) is 4.84. The van der Waals surface area contributed by atoms with Crippen molar-refractivity contribution in [2.45, 2.75) is 18.4 Å². The van der Waals surface area contributed by atoms with Crippen molar-refractivity contribution < 1.29 is 8.42 Å². The van der Waals surface area contributed by atoms with Gasteiger partial charge < -0.3 is 0 Å². The summed E-state index contributed by atoms with van der Waals surface area (Å²) >= 11 is 0. The molecule has 0 aliphatic rings. The number of likely N-dealkylation sites (N-methyl/N-ethyl adjacent to an activating group) is 1. The predicted molar refractivity (Wildman–Crippen MR) is 85.3 cm³/mol. The summed E-state index contributed by atoms with van der Waals surface area (Å²) in [6, 6.07) is 3.43. The van der Waals surface area contributed by atoms with Gasteiger partial charge >= 0.3 is 0 Å². The zero-order chi connectivity index (χ0) is 16.6. The van der Waals surface area contributed by atoms with E-state index in [4.69, 9.17) is 0 Å². The zero-order valence-electron chi connectivity index (χ0n) is 13.2. The summed E-state index contributed by atoms with van der Waals surface area (Å²) in [5, 5.41) is 9.08. The highest BCUT2D eigenvalue weighted by Gasteiger charge is 2.22. The fourth-order valence-corrected chi connectivity index (χ4v) is 3.54. The summed E-state index contributed by atoms with van der Waals surface area (Å²) in [7, 11) is -0.259. The molecule has 0 saturated heterocycles. The number of fused-ring (bicyclic) bond motifs is 1. The van der Waals surface area contributed by atoms with E-state index >= 15 is 0 Å². The van der Waals surface area contributed by atoms with Crippen LogP contribution < -0.4 is 0 Å². The first kappa shape index (κ1) is 15.6. The molecule has 9 heteroatoms. The highest BCUT2D eigenvalue weighted by atomic mass is 32.2. The maximum absolute atomic E-state index is 12.7. The molecule has 0 saturated carbocycles. The Morgan fingerprint density at radius 3 is 2.83 bits per heavy atom. The van der Waals surface area contributed by atoms with Crippen LogP contribution in [0.4, 0.5) is 0 Å². The molecule has 122 valence electrons. The number of nitrogens with zero attached hydrogens (tertiary/aromatic N) is 6. The minimum atomic E-state index is -3.60. The number of pyridine rings is 1. The second kappa shape index (κ2) is 5.74. The van der Waals surface area contributed by atoms with Gasteiger partial charge in [-0.15, -0.1) is 0 Å². The molecule has 0 atom stereocenters. The van der Waals surface area contributed by atoms with Crippen LogP contribution in [-0.4, -0.2) is 50.9 Å². The maximum atomic E-state index is 12.7. The van der Waals surface area contributed by atoms with Crippen molar-refractivity contribution in [2.24, 2.45) is 7.05 Å². The molecule has 3 heterocycles. The molecule has 0 spiro atoms. The van der Waals surface area contributed by atoms with Crippen LogP contribution in [-0.2, 0) is 23.6 Å². The van der Waals surface area contributed by atoms with Gasteiger partial charge in [-0.1, -0.05) is 0 Å². The van der Waals surface area contributed by atoms with E-state index in [2.05, 4.69) is 15.2 Å². The minimum absolute atomic E-state index is 0.170. The highest BCUT2D eigenvalue weighted by molar-refractivity contribution is 7.89. The highest BCUT2D eigenvalue weighted by Crippen LogP contribution is 2.21. The van der Waals surface area contributed by atoms with Gasteiger partial charge in [0.05, 0.1) is 12.2 Å². The maximum Gasteiger partial charge on any atom is 0.244 e. The van der Waals surface area contributed by atoms with Crippen LogP contribution in [0.5, 0.6) is 0 Å². The first-order valence-electron chi connectivity index (χ1n) is 7.13. The molecule has 0 unspecified atom stereocenters. The summed E-state index contributed by atoms with van der Waals surface area (Å²) in [5.41, 5.74) is 1.42. The summed E-state index contributed by atoms with van der Waals surface area (Å²) in [4.78, 5) is 4.41. The van der Waals surface area contributed by atoms with E-state index in [0.717, 1.165) is 11.1 Å². The Morgan fingerprint density at radius 1 is 1.35 bits per heavy atom. The van der Waals surface area contributed by atoms with Gasteiger partial charge in [-0.3, -0.25) is 9.36 Å². The quantitative estimate of drug-likeness (QED) is 0.689. The Kier molecular flexibility index (Phi) is 3.90. The molecule has 0 amide bonds. The van der Waals surface area contributed by atoms with Crippen LogP contribution in [0.25, 0.3) is 11.0 Å². The van der Waals surface area contributed by atoms with E-state index in [1.807, 2.05) is 6.92 Å². The molecule has 3 aromatic heterocycles. The first-order chi connectivity index (χ1) is 10.9. The van der Waals surface area contributed by atoms with Gasteiger partial charge in [0.15, 0.2) is 5.65 Å². The van der Waals surface area contributed by atoms with Crippen LogP contribution in [0, 0.1) is 6.92 Å². The van der Waals surface area contributed by atoms with Crippen LogP contribution in [0.1, 0.15) is 5.69 Å². The normalized spacial score (nSPS) is 12.3. The van der Waals surface area contributed by atoms with Gasteiger partial charge in [-0.05, 0) is 19.1 Å². The zero-order valence-corrected chi connectivity index (χ0v) is 14.0. The molecule has 0 radical (unpaired) electrons. The SMILES string of the molecule is Cc1nn(C)c2ncc(S(=O)(=O)N(C)CCn3cccn3)cc12. The minimum Gasteiger partial charge on any atom is -0.271 e. The lowest BCUT2D eigenvalue weighted by Crippen LogP contribution is -2.30. The van der Waals surface area contributed by atoms with Crippen molar-refractivity contribution in [2.75, 3.05) is 13.6 Å². The molecular weight excluding hydrogens is 316 g/mol. The smallest absolute Gasteiger partial charge is 0.244 e. The van der Waals surface area contributed by atoms with Crippen molar-refractivity contribution in [3.05, 3.63) is 36.4 Å². The second-order valence-corrected chi connectivity index (χ2v) is 7.39. The Hall–Kier alpha value is -2.26. The van der Waals surface area contributed by atoms with Crippen molar-refractivity contribution in [3.8, 4) is 0 Å². The molecule has 0 aliphatic carbocycles. The summed E-state index contributed by atoms with van der Waals surface area (Å²) < 4.78 is 30.0. The fourth-order valence-electron chi connectivity index (χ4n) is 2.41. The fraction of sp³-hybridized carbons (Fsp3) is 0.357. The van der Waals surface area contributed by atoms with Gasteiger partial charge in [-0.25, -0.2) is 13.4 Å². The number of hydrogen-bond donors (Lipinski definition) is 0. The lowest BCUT2D eigenvalue weighted by Gasteiger charge is -2.17. The summed E-state index contributed by atoms with van der Waals surface area (Å²) in [6.45, 7) is 2.65. The van der Waals surface area contributed by atoms with Crippen molar-refractivity contribution in [1.82, 2.24) is 28.9 Å². The second-order valence-electron chi connectivity index (χ2n) is 5.35. The molecule has 3 rings (SSSR count). The van der Waals surface area contributed by atoms with Crippen molar-refractivity contribution in [3.63, 3.8) is 0 Å². The third-order valence-corrected chi connectivity index (χ3v) is 5.57. The van der Waals surface area contributed by atoms with Crippen molar-refractivity contribution >= 4 is 21.1 Å². The average molecular weight is 334 g/mol. The Bertz CT molecular complexity index is 930. The topological polar surface area (TPSA) is 85.9 Å². The van der Waals surface area contributed by atoms with E-state index in [-0.39, 0.29) is 4.90 Å². The van der Waals surface area contributed by atoms with Crippen molar-refractivity contribution in [1.29, 1.82) is 0 Å². The Balaban J connectivity index is 1.87. The number of aromatic nitrogens is 5. The van der Waals surface area contributed by atoms with E-state index in [9.17, 15) is 8.42 Å². The molecule has 0 bridgehead atoms. The Morgan fingerprint density at radius 2 is 2.13 bits per heavy atom. The molecule has 8 nitrogen and oxygen atoms in total. The molecular formula is C14H18N6O2S. The molecule has 0 fully saturated rings. The van der Waals surface area contributed by atoms with Crippen LogP contribution >= 0.6 is 0 Å². The van der Waals surface area contributed by atoms with Crippen LogP contribution in [0.2, 0.25) is 0 Å². The van der Waals surface area contributed by atoms with E-state index in [1.54, 1.807) is 48.0 Å². The van der Waals surface area contributed by atoms with Crippen LogP contribution in [0.15, 0.2) is 35.6 Å². The largest absolute Gasteiger partial charge is 0.271 e. The number of hydrogen-bond acceptors (Lipinski definition) is 5.